The lowest BCUT2D eigenvalue weighted by Gasteiger charge is -2.04. The number of aryl methyl sites for hydroxylation is 4. The summed E-state index contributed by atoms with van der Waals surface area (Å²) in [4.78, 5) is 21.3. The molecule has 0 saturated heterocycles. The zero-order valence-electron chi connectivity index (χ0n) is 19.5. The maximum atomic E-state index is 11.5. The van der Waals surface area contributed by atoms with Crippen molar-refractivity contribution in [2.75, 3.05) is 17.1 Å². The zero-order chi connectivity index (χ0) is 27.1. The summed E-state index contributed by atoms with van der Waals surface area (Å²) in [6, 6.07) is 14.4. The maximum Gasteiger partial charge on any atom is 0.643 e. The summed E-state index contributed by atoms with van der Waals surface area (Å²) in [5, 5.41) is -0.176. The van der Waals surface area contributed by atoms with E-state index < -0.39 is 11.4 Å². The second-order valence-electron chi connectivity index (χ2n) is 6.48. The van der Waals surface area contributed by atoms with Gasteiger partial charge < -0.3 is 0 Å². The van der Waals surface area contributed by atoms with Crippen LogP contribution in [0, 0.1) is 27.7 Å². The minimum atomic E-state index is -1.72. The first kappa shape index (κ1) is 39.2. The lowest BCUT2D eigenvalue weighted by molar-refractivity contribution is -0.111. The van der Waals surface area contributed by atoms with Crippen LogP contribution in [0.5, 0.6) is 0 Å². The van der Waals surface area contributed by atoms with Gasteiger partial charge in [-0.2, -0.15) is 0 Å². The molecule has 2 aromatic carbocycles. The van der Waals surface area contributed by atoms with Crippen LogP contribution in [0.15, 0.2) is 42.5 Å². The van der Waals surface area contributed by atoms with Crippen LogP contribution < -0.4 is 0 Å². The van der Waals surface area contributed by atoms with Gasteiger partial charge in [0.05, 0.1) is 5.34 Å². The highest BCUT2D eigenvalue weighted by atomic mass is 35.8. The van der Waals surface area contributed by atoms with Crippen molar-refractivity contribution in [3.8, 4) is 0 Å². The molecule has 0 heterocycles. The molecule has 0 radical (unpaired) electrons. The monoisotopic (exact) mass is 644 g/mol. The molecule has 0 fully saturated rings. The van der Waals surface area contributed by atoms with Crippen LogP contribution in [-0.2, 0) is 4.79 Å². The molecule has 2 nitrogen and oxygen atoms in total. The van der Waals surface area contributed by atoms with E-state index in [1.807, 2.05) is 32.0 Å². The van der Waals surface area contributed by atoms with Gasteiger partial charge in [-0.25, -0.2) is 30.1 Å². The molecule has 0 aliphatic heterocycles. The van der Waals surface area contributed by atoms with Gasteiger partial charge in [0.15, 0.2) is 5.78 Å². The Kier molecular flexibility index (Phi) is 30.7. The van der Waals surface area contributed by atoms with Gasteiger partial charge in [-0.3, -0.25) is 9.59 Å². The van der Waals surface area contributed by atoms with Gasteiger partial charge in [0.25, 0.3) is 0 Å². The third-order valence-corrected chi connectivity index (χ3v) is 4.09. The van der Waals surface area contributed by atoms with E-state index in [0.29, 0.717) is 18.2 Å². The molecule has 0 N–H and O–H groups in total. The lowest BCUT2D eigenvalue weighted by Crippen LogP contribution is -2.02. The van der Waals surface area contributed by atoms with E-state index in [1.165, 1.54) is 11.1 Å². The fourth-order valence-corrected chi connectivity index (χ4v) is 2.50. The quantitative estimate of drug-likeness (QED) is 0.140. The summed E-state index contributed by atoms with van der Waals surface area (Å²) < 4.78 is 0. The number of rotatable bonds is 5. The highest BCUT2D eigenvalue weighted by Crippen LogP contribution is 2.13. The van der Waals surface area contributed by atoms with Crippen molar-refractivity contribution in [1.29, 1.82) is 0 Å². The molecule has 0 amide bonds. The summed E-state index contributed by atoms with van der Waals surface area (Å²) in [5.74, 6) is 0.852. The highest BCUT2D eigenvalue weighted by molar-refractivity contribution is 7.54. The molecule has 11 heteroatoms. The third-order valence-electron chi connectivity index (χ3n) is 3.52. The molecule has 0 atom stereocenters. The standard InChI is InChI=1S/C11H13ClO.C8H10.C3H4Cl2O.CH2Cl2.Al.3ClH/c1-8-3-4-9(2)10(7-8)11(13)5-6-12;1-7-3-5-8(2)6-4-7;4-2-1-3(5)6;2-1-3;;;;/h3-4,7H,5-6H2,1-2H3;3-6H,1-2H3;1-2H2;1H2;;3*1H/q;;;;+3;;;/p-3. The van der Waals surface area contributed by atoms with E-state index in [0.717, 1.165) is 16.7 Å². The van der Waals surface area contributed by atoms with Crippen LogP contribution >= 0.6 is 88.2 Å². The highest BCUT2D eigenvalue weighted by Gasteiger charge is 2.07. The van der Waals surface area contributed by atoms with Gasteiger partial charge in [-0.15, -0.1) is 46.4 Å². The molecule has 192 valence electrons. The van der Waals surface area contributed by atoms with Crippen molar-refractivity contribution in [3.63, 3.8) is 0 Å². The van der Waals surface area contributed by atoms with E-state index in [1.54, 1.807) is 0 Å². The van der Waals surface area contributed by atoms with Crippen molar-refractivity contribution >= 4 is 111 Å². The van der Waals surface area contributed by atoms with Crippen LogP contribution in [0.3, 0.4) is 0 Å². The molecule has 2 rings (SSSR count). The zero-order valence-corrected chi connectivity index (χ0v) is 26.7. The lowest BCUT2D eigenvalue weighted by atomic mass is 10.0. The van der Waals surface area contributed by atoms with E-state index in [-0.39, 0.29) is 22.8 Å². The Morgan fingerprint density at radius 1 is 0.706 bits per heavy atom. The first-order valence-corrected chi connectivity index (χ1v) is 17.6. The molecule has 0 spiro atoms. The van der Waals surface area contributed by atoms with E-state index >= 15 is 0 Å². The summed E-state index contributed by atoms with van der Waals surface area (Å²) >= 11 is 23.3. The second-order valence-corrected chi connectivity index (χ2v) is 14.9. The van der Waals surface area contributed by atoms with Crippen molar-refractivity contribution < 1.29 is 9.59 Å². The summed E-state index contributed by atoms with van der Waals surface area (Å²) in [6.45, 7) is 8.12. The molecule has 0 unspecified atom stereocenters. The van der Waals surface area contributed by atoms with E-state index in [2.05, 4.69) is 38.1 Å². The molecule has 34 heavy (non-hydrogen) atoms. The maximum absolute atomic E-state index is 11.5. The third kappa shape index (κ3) is 28.9. The van der Waals surface area contributed by atoms with Crippen molar-refractivity contribution in [2.45, 2.75) is 40.5 Å². The van der Waals surface area contributed by atoms with Gasteiger partial charge in [-0.1, -0.05) is 53.1 Å². The topological polar surface area (TPSA) is 34.1 Å². The fourth-order valence-electron chi connectivity index (χ4n) is 1.97. The van der Waals surface area contributed by atoms with Crippen molar-refractivity contribution in [3.05, 3.63) is 70.3 Å². The summed E-state index contributed by atoms with van der Waals surface area (Å²) in [5.41, 5.74) is 5.61. The fraction of sp³-hybridized carbons (Fsp3) is 0.391. The molecular formula is C23H29AlCl8O2. The van der Waals surface area contributed by atoms with Crippen LogP contribution in [-0.4, -0.2) is 39.5 Å². The van der Waals surface area contributed by atoms with Gasteiger partial charge >= 0.3 is 11.4 Å². The predicted octanol–water partition coefficient (Wildman–Crippen LogP) is 9.91. The smallest absolute Gasteiger partial charge is 0.294 e. The van der Waals surface area contributed by atoms with Crippen LogP contribution in [0.2, 0.25) is 0 Å². The van der Waals surface area contributed by atoms with E-state index in [9.17, 15) is 9.59 Å². The predicted molar refractivity (Wildman–Crippen MR) is 158 cm³/mol. The van der Waals surface area contributed by atoms with Gasteiger partial charge in [-0.05, 0) is 50.9 Å². The van der Waals surface area contributed by atoms with Gasteiger partial charge in [0.2, 0.25) is 5.24 Å². The SMILES string of the molecule is Cc1ccc(C)c(C(=O)CCCl)c1.Cc1ccc(C)cc1.ClCCl.O=C(Cl)CCCl.[Cl][Al]([Cl])[Cl]. The van der Waals surface area contributed by atoms with Crippen molar-refractivity contribution in [2.24, 2.45) is 0 Å². The molecule has 0 aromatic heterocycles. The number of alkyl halides is 4. The Balaban J connectivity index is -0.000000394. The van der Waals surface area contributed by atoms with E-state index in [4.69, 9.17) is 88.2 Å². The number of ketones is 1. The van der Waals surface area contributed by atoms with Crippen LogP contribution in [0.4, 0.5) is 0 Å². The Morgan fingerprint density at radius 3 is 1.35 bits per heavy atom. The number of carbonyl (C=O) groups excluding carboxylic acids is 2. The number of hydrogen-bond donors (Lipinski definition) is 0. The average Bonchev–Trinajstić information content (AvgIpc) is 2.73. The Labute approximate surface area is 246 Å². The second kappa shape index (κ2) is 26.7. The molecule has 0 bridgehead atoms. The van der Waals surface area contributed by atoms with Gasteiger partial charge in [0.1, 0.15) is 0 Å². The van der Waals surface area contributed by atoms with Crippen molar-refractivity contribution in [1.82, 2.24) is 0 Å². The number of halogens is 8. The average molecular weight is 648 g/mol. The largest absolute Gasteiger partial charge is 0.643 e. The first-order chi connectivity index (χ1) is 15.9. The molecule has 0 saturated carbocycles. The minimum Gasteiger partial charge on any atom is -0.294 e. The number of carbonyl (C=O) groups is 2. The Morgan fingerprint density at radius 2 is 1.06 bits per heavy atom. The van der Waals surface area contributed by atoms with Crippen LogP contribution in [0.1, 0.15) is 45.5 Å². The summed E-state index contributed by atoms with van der Waals surface area (Å²) in [6.07, 6.45) is 0.689. The van der Waals surface area contributed by atoms with Crippen LogP contribution in [0.25, 0.3) is 0 Å². The minimum absolute atomic E-state index is 0.135. The molecule has 0 aliphatic rings. The summed E-state index contributed by atoms with van der Waals surface area (Å²) in [7, 11) is 14.8. The Bertz CT molecular complexity index is 763. The molecule has 2 aromatic rings. The molecule has 0 aliphatic carbocycles. The number of benzene rings is 2. The van der Waals surface area contributed by atoms with Gasteiger partial charge in [0, 0.05) is 30.2 Å². The Hall–Kier alpha value is 0.632. The normalized spacial score (nSPS) is 8.82. The number of hydrogen-bond acceptors (Lipinski definition) is 2. The first-order valence-electron chi connectivity index (χ1n) is 9.84. The number of Topliss-reactive ketones (excluding diaryl/α,β-unsaturated/α-hetero) is 1. The molecular weight excluding hydrogens is 619 g/mol.